The van der Waals surface area contributed by atoms with Crippen LogP contribution in [-0.2, 0) is 14.3 Å². The number of piperazine rings is 1. The van der Waals surface area contributed by atoms with Gasteiger partial charge in [0.2, 0.25) is 12.3 Å². The number of hydroxylamine groups is 2. The molecule has 3 fully saturated rings. The number of anilines is 1. The van der Waals surface area contributed by atoms with Crippen molar-refractivity contribution < 1.29 is 24.3 Å². The molecule has 1 aliphatic carbocycles. The molecule has 2 aliphatic heterocycles. The van der Waals surface area contributed by atoms with Gasteiger partial charge >= 0.3 is 0 Å². The molecule has 0 radical (unpaired) electrons. The molecule has 2 saturated heterocycles. The quantitative estimate of drug-likeness (QED) is 0.158. The average Bonchev–Trinajstić information content (AvgIpc) is 3.51. The topological polar surface area (TPSA) is 106 Å². The van der Waals surface area contributed by atoms with Crippen molar-refractivity contribution in [3.63, 3.8) is 0 Å². The van der Waals surface area contributed by atoms with E-state index in [1.54, 1.807) is 0 Å². The summed E-state index contributed by atoms with van der Waals surface area (Å²) in [6.45, 7) is 15.5. The summed E-state index contributed by atoms with van der Waals surface area (Å²) in [7, 11) is 0. The zero-order chi connectivity index (χ0) is 30.1. The molecule has 0 spiro atoms. The number of rotatable bonds is 13. The number of hydrogen-bond acceptors (Lipinski definition) is 8. The van der Waals surface area contributed by atoms with Gasteiger partial charge in [-0.3, -0.25) is 29.4 Å². The van der Waals surface area contributed by atoms with Crippen LogP contribution in [0.4, 0.5) is 5.69 Å². The van der Waals surface area contributed by atoms with Crippen LogP contribution >= 0.6 is 0 Å². The Kier molecular flexibility index (Phi) is 11.8. The molecular formula is C32H51N5O5. The molecule has 2 amide bonds. The predicted octanol–water partition coefficient (Wildman–Crippen LogP) is 2.90. The van der Waals surface area contributed by atoms with Crippen molar-refractivity contribution in [1.82, 2.24) is 20.2 Å². The Morgan fingerprint density at radius 2 is 1.60 bits per heavy atom. The number of carbonyl (C=O) groups excluding carboxylic acids is 3. The highest BCUT2D eigenvalue weighted by molar-refractivity contribution is 6.02. The van der Waals surface area contributed by atoms with Crippen molar-refractivity contribution in [3.05, 3.63) is 29.8 Å². The van der Waals surface area contributed by atoms with Gasteiger partial charge in [-0.25, -0.2) is 5.06 Å². The average molecular weight is 586 g/mol. The minimum absolute atomic E-state index is 0.0773. The van der Waals surface area contributed by atoms with E-state index in [4.69, 9.17) is 4.74 Å². The van der Waals surface area contributed by atoms with Crippen molar-refractivity contribution in [2.24, 2.45) is 17.3 Å². The van der Waals surface area contributed by atoms with Gasteiger partial charge in [-0.2, -0.15) is 0 Å². The summed E-state index contributed by atoms with van der Waals surface area (Å²) in [6, 6.07) is 7.01. The van der Waals surface area contributed by atoms with E-state index in [1.807, 2.05) is 45.0 Å². The number of carbonyl (C=O) groups is 3. The van der Waals surface area contributed by atoms with Gasteiger partial charge in [0.1, 0.15) is 0 Å². The molecule has 0 aromatic heterocycles. The highest BCUT2D eigenvalue weighted by Gasteiger charge is 2.36. The first-order valence-corrected chi connectivity index (χ1v) is 15.8. The summed E-state index contributed by atoms with van der Waals surface area (Å²) in [5.74, 6) is -0.606. The molecule has 2 atom stereocenters. The molecule has 0 bridgehead atoms. The van der Waals surface area contributed by atoms with Crippen LogP contribution in [0.5, 0.6) is 0 Å². The third-order valence-electron chi connectivity index (χ3n) is 9.13. The van der Waals surface area contributed by atoms with Crippen molar-refractivity contribution in [2.45, 2.75) is 58.9 Å². The first-order chi connectivity index (χ1) is 20.1. The maximum absolute atomic E-state index is 13.7. The lowest BCUT2D eigenvalue weighted by atomic mass is 9.81. The molecule has 234 valence electrons. The minimum Gasteiger partial charge on any atom is -0.379 e. The Balaban J connectivity index is 1.34. The number of hydrogen-bond donors (Lipinski definition) is 2. The van der Waals surface area contributed by atoms with Crippen molar-refractivity contribution in [1.29, 1.82) is 0 Å². The largest absolute Gasteiger partial charge is 0.379 e. The highest BCUT2D eigenvalue weighted by atomic mass is 16.5. The Labute approximate surface area is 251 Å². The fourth-order valence-corrected chi connectivity index (χ4v) is 6.46. The molecule has 10 heteroatoms. The molecule has 2 N–H and O–H groups in total. The fourth-order valence-electron chi connectivity index (χ4n) is 6.46. The van der Waals surface area contributed by atoms with E-state index in [9.17, 15) is 19.6 Å². The van der Waals surface area contributed by atoms with Gasteiger partial charge in [0.05, 0.1) is 31.7 Å². The van der Waals surface area contributed by atoms with Crippen LogP contribution in [0.3, 0.4) is 0 Å². The molecule has 1 saturated carbocycles. The SMILES string of the molecule is CC(C)(C)[C@H](NC(=O)[C@H](CC1CCCC1)CN(O)C=O)C(=O)c1ccc(N2CCN(CCN3CCOCC3)CC2)cc1. The lowest BCUT2D eigenvalue weighted by Crippen LogP contribution is -2.52. The summed E-state index contributed by atoms with van der Waals surface area (Å²) in [6.07, 6.45) is 5.30. The molecular weight excluding hydrogens is 534 g/mol. The molecule has 2 heterocycles. The third-order valence-corrected chi connectivity index (χ3v) is 9.13. The number of nitrogens with zero attached hydrogens (tertiary/aromatic N) is 4. The number of Topliss-reactive ketones (excluding diaryl/α,β-unsaturated/α-hetero) is 1. The van der Waals surface area contributed by atoms with Gasteiger partial charge in [-0.1, -0.05) is 46.5 Å². The van der Waals surface area contributed by atoms with Gasteiger partial charge in [0.25, 0.3) is 0 Å². The van der Waals surface area contributed by atoms with Crippen molar-refractivity contribution in [2.75, 3.05) is 77.0 Å². The normalized spacial score (nSPS) is 20.7. The summed E-state index contributed by atoms with van der Waals surface area (Å²) in [4.78, 5) is 45.7. The first-order valence-electron chi connectivity index (χ1n) is 15.8. The number of benzene rings is 1. The zero-order valence-corrected chi connectivity index (χ0v) is 25.8. The molecule has 0 unspecified atom stereocenters. The monoisotopic (exact) mass is 585 g/mol. The Bertz CT molecular complexity index is 1010. The lowest BCUT2D eigenvalue weighted by Gasteiger charge is -2.37. The lowest BCUT2D eigenvalue weighted by molar-refractivity contribution is -0.155. The second kappa shape index (κ2) is 15.3. The van der Waals surface area contributed by atoms with Crippen LogP contribution in [0.1, 0.15) is 63.2 Å². The molecule has 1 aromatic rings. The van der Waals surface area contributed by atoms with E-state index in [0.717, 1.165) is 96.9 Å². The van der Waals surface area contributed by atoms with Crippen LogP contribution in [0, 0.1) is 17.3 Å². The second-order valence-electron chi connectivity index (χ2n) is 13.3. The number of morpholine rings is 1. The third kappa shape index (κ3) is 9.23. The van der Waals surface area contributed by atoms with E-state index in [-0.39, 0.29) is 18.2 Å². The predicted molar refractivity (Wildman–Crippen MR) is 163 cm³/mol. The Morgan fingerprint density at radius 3 is 2.17 bits per heavy atom. The van der Waals surface area contributed by atoms with Gasteiger partial charge in [0, 0.05) is 63.6 Å². The molecule has 3 aliphatic rings. The maximum Gasteiger partial charge on any atom is 0.233 e. The van der Waals surface area contributed by atoms with Crippen molar-refractivity contribution >= 4 is 23.8 Å². The zero-order valence-electron chi connectivity index (χ0n) is 25.8. The van der Waals surface area contributed by atoms with Gasteiger partial charge in [-0.15, -0.1) is 0 Å². The van der Waals surface area contributed by atoms with Crippen LogP contribution in [-0.4, -0.2) is 116 Å². The number of ether oxygens (including phenoxy) is 1. The van der Waals surface area contributed by atoms with Gasteiger partial charge < -0.3 is 15.0 Å². The minimum atomic E-state index is -0.736. The smallest absolute Gasteiger partial charge is 0.233 e. The molecule has 10 nitrogen and oxygen atoms in total. The number of amides is 2. The van der Waals surface area contributed by atoms with Crippen LogP contribution in [0.2, 0.25) is 0 Å². The first kappa shape index (κ1) is 32.4. The van der Waals surface area contributed by atoms with Gasteiger partial charge in [-0.05, 0) is 42.0 Å². The summed E-state index contributed by atoms with van der Waals surface area (Å²) in [5, 5.41) is 13.4. The van der Waals surface area contributed by atoms with E-state index in [2.05, 4.69) is 20.0 Å². The summed E-state index contributed by atoms with van der Waals surface area (Å²) < 4.78 is 5.45. The number of nitrogens with one attached hydrogen (secondary N) is 1. The summed E-state index contributed by atoms with van der Waals surface area (Å²) >= 11 is 0. The van der Waals surface area contributed by atoms with E-state index in [1.165, 1.54) is 0 Å². The van der Waals surface area contributed by atoms with Crippen LogP contribution in [0.15, 0.2) is 24.3 Å². The Morgan fingerprint density at radius 1 is 1.00 bits per heavy atom. The molecule has 4 rings (SSSR count). The van der Waals surface area contributed by atoms with Gasteiger partial charge in [0.15, 0.2) is 5.78 Å². The maximum atomic E-state index is 13.7. The molecule has 42 heavy (non-hydrogen) atoms. The second-order valence-corrected chi connectivity index (χ2v) is 13.3. The highest BCUT2D eigenvalue weighted by Crippen LogP contribution is 2.31. The van der Waals surface area contributed by atoms with E-state index in [0.29, 0.717) is 29.4 Å². The van der Waals surface area contributed by atoms with E-state index >= 15 is 0 Å². The fraction of sp³-hybridized carbons (Fsp3) is 0.719. The Hall–Kier alpha value is -2.53. The van der Waals surface area contributed by atoms with Crippen LogP contribution < -0.4 is 10.2 Å². The molecule has 1 aromatic carbocycles. The number of ketones is 1. The summed E-state index contributed by atoms with van der Waals surface area (Å²) in [5.41, 5.74) is 1.14. The van der Waals surface area contributed by atoms with Crippen LogP contribution in [0.25, 0.3) is 0 Å². The standard InChI is InChI=1S/C32H51N5O5/c1-32(2,3)30(33-31(40)27(23-37(41)24-38)22-25-6-4-5-7-25)29(39)26-8-10-28(11-9-26)36-16-14-34(15-17-36)12-13-35-18-20-42-21-19-35/h8-11,24-25,27,30,41H,4-7,12-23H2,1-3H3,(H,33,40)/t27-,30-/m1/s1. The van der Waals surface area contributed by atoms with Crippen molar-refractivity contribution in [3.8, 4) is 0 Å². The van der Waals surface area contributed by atoms with E-state index < -0.39 is 17.4 Å².